The standard InChI is InChI=1S/C11H24N2O/c1-13(8-9-14-2)7-6-11(10-12)4-3-5-11/h3-10,12H2,1-2H3. The van der Waals surface area contributed by atoms with Crippen molar-refractivity contribution < 1.29 is 4.74 Å². The van der Waals surface area contributed by atoms with Gasteiger partial charge in [-0.25, -0.2) is 0 Å². The number of hydrogen-bond donors (Lipinski definition) is 1. The summed E-state index contributed by atoms with van der Waals surface area (Å²) in [7, 11) is 3.91. The average Bonchev–Trinajstić information content (AvgIpc) is 2.14. The fourth-order valence-electron chi connectivity index (χ4n) is 2.02. The van der Waals surface area contributed by atoms with Gasteiger partial charge in [0.1, 0.15) is 0 Å². The number of hydrogen-bond acceptors (Lipinski definition) is 3. The Labute approximate surface area is 87.6 Å². The highest BCUT2D eigenvalue weighted by molar-refractivity contribution is 4.88. The molecule has 0 atom stereocenters. The van der Waals surface area contributed by atoms with Crippen LogP contribution in [0.25, 0.3) is 0 Å². The van der Waals surface area contributed by atoms with Gasteiger partial charge in [-0.3, -0.25) is 0 Å². The van der Waals surface area contributed by atoms with Crippen LogP contribution in [0.5, 0.6) is 0 Å². The van der Waals surface area contributed by atoms with Gasteiger partial charge in [0, 0.05) is 13.7 Å². The molecule has 0 heterocycles. The van der Waals surface area contributed by atoms with Crippen molar-refractivity contribution in [3.63, 3.8) is 0 Å². The Morgan fingerprint density at radius 3 is 2.50 bits per heavy atom. The highest BCUT2D eigenvalue weighted by Gasteiger charge is 2.34. The van der Waals surface area contributed by atoms with E-state index in [1.54, 1.807) is 7.11 Å². The SMILES string of the molecule is COCCN(C)CCC1(CN)CCC1. The van der Waals surface area contributed by atoms with Crippen LogP contribution in [0, 0.1) is 5.41 Å². The highest BCUT2D eigenvalue weighted by atomic mass is 16.5. The third-order valence-electron chi connectivity index (χ3n) is 3.55. The Morgan fingerprint density at radius 2 is 2.07 bits per heavy atom. The molecule has 0 aliphatic heterocycles. The van der Waals surface area contributed by atoms with Gasteiger partial charge in [0.05, 0.1) is 6.61 Å². The lowest BCUT2D eigenvalue weighted by Crippen LogP contribution is -2.40. The number of ether oxygens (including phenoxy) is 1. The minimum absolute atomic E-state index is 0.487. The van der Waals surface area contributed by atoms with Crippen LogP contribution in [0.4, 0.5) is 0 Å². The summed E-state index contributed by atoms with van der Waals surface area (Å²) in [6.07, 6.45) is 5.30. The smallest absolute Gasteiger partial charge is 0.0589 e. The Morgan fingerprint density at radius 1 is 1.36 bits per heavy atom. The summed E-state index contributed by atoms with van der Waals surface area (Å²) in [5, 5.41) is 0. The minimum Gasteiger partial charge on any atom is -0.383 e. The zero-order chi connectivity index (χ0) is 10.4. The van der Waals surface area contributed by atoms with Crippen molar-refractivity contribution >= 4 is 0 Å². The van der Waals surface area contributed by atoms with Crippen molar-refractivity contribution in [1.82, 2.24) is 4.90 Å². The Hall–Kier alpha value is -0.120. The minimum atomic E-state index is 0.487. The fraction of sp³-hybridized carbons (Fsp3) is 1.00. The molecule has 14 heavy (non-hydrogen) atoms. The summed E-state index contributed by atoms with van der Waals surface area (Å²) < 4.78 is 5.04. The summed E-state index contributed by atoms with van der Waals surface area (Å²) in [5.74, 6) is 0. The molecular formula is C11H24N2O. The maximum atomic E-state index is 5.81. The molecule has 1 rings (SSSR count). The van der Waals surface area contributed by atoms with Gasteiger partial charge in [-0.1, -0.05) is 6.42 Å². The third-order valence-corrected chi connectivity index (χ3v) is 3.55. The first-order chi connectivity index (χ1) is 6.72. The lowest BCUT2D eigenvalue weighted by molar-refractivity contribution is 0.101. The van der Waals surface area contributed by atoms with Crippen LogP contribution < -0.4 is 5.73 Å². The van der Waals surface area contributed by atoms with E-state index in [9.17, 15) is 0 Å². The van der Waals surface area contributed by atoms with E-state index in [1.807, 2.05) is 0 Å². The summed E-state index contributed by atoms with van der Waals surface area (Å²) in [6, 6.07) is 0. The molecule has 0 unspecified atom stereocenters. The van der Waals surface area contributed by atoms with Crippen molar-refractivity contribution in [3.8, 4) is 0 Å². The molecule has 0 aromatic rings. The monoisotopic (exact) mass is 200 g/mol. The molecule has 0 saturated heterocycles. The second-order valence-corrected chi connectivity index (χ2v) is 4.60. The molecule has 3 heteroatoms. The number of likely N-dealkylation sites (N-methyl/N-ethyl adjacent to an activating group) is 1. The second-order valence-electron chi connectivity index (χ2n) is 4.60. The molecule has 0 aromatic heterocycles. The van der Waals surface area contributed by atoms with Crippen LogP contribution in [0.15, 0.2) is 0 Å². The van der Waals surface area contributed by atoms with Gasteiger partial charge in [-0.15, -0.1) is 0 Å². The van der Waals surface area contributed by atoms with Crippen molar-refractivity contribution in [1.29, 1.82) is 0 Å². The maximum absolute atomic E-state index is 5.81. The van der Waals surface area contributed by atoms with Gasteiger partial charge in [0.25, 0.3) is 0 Å². The molecule has 0 radical (unpaired) electrons. The molecule has 1 saturated carbocycles. The molecule has 1 fully saturated rings. The number of methoxy groups -OCH3 is 1. The molecule has 0 aromatic carbocycles. The Kier molecular flexibility index (Phi) is 4.85. The van der Waals surface area contributed by atoms with Crippen molar-refractivity contribution in [2.24, 2.45) is 11.1 Å². The molecule has 0 amide bonds. The molecule has 2 N–H and O–H groups in total. The predicted octanol–water partition coefficient (Wildman–Crippen LogP) is 1.08. The number of rotatable bonds is 7. The van der Waals surface area contributed by atoms with Crippen molar-refractivity contribution in [3.05, 3.63) is 0 Å². The molecule has 84 valence electrons. The van der Waals surface area contributed by atoms with Gasteiger partial charge >= 0.3 is 0 Å². The van der Waals surface area contributed by atoms with Crippen molar-refractivity contribution in [2.45, 2.75) is 25.7 Å². The first kappa shape index (κ1) is 12.0. The Balaban J connectivity index is 2.12. The van der Waals surface area contributed by atoms with E-state index >= 15 is 0 Å². The van der Waals surface area contributed by atoms with Gasteiger partial charge in [-0.05, 0) is 44.8 Å². The van der Waals surface area contributed by atoms with Gasteiger partial charge in [0.2, 0.25) is 0 Å². The Bertz CT molecular complexity index is 152. The van der Waals surface area contributed by atoms with Crippen LogP contribution in [0.1, 0.15) is 25.7 Å². The average molecular weight is 200 g/mol. The number of nitrogens with two attached hydrogens (primary N) is 1. The highest BCUT2D eigenvalue weighted by Crippen LogP contribution is 2.42. The van der Waals surface area contributed by atoms with E-state index in [0.717, 1.165) is 26.2 Å². The van der Waals surface area contributed by atoms with Crippen LogP contribution >= 0.6 is 0 Å². The van der Waals surface area contributed by atoms with Crippen LogP contribution in [-0.2, 0) is 4.74 Å². The maximum Gasteiger partial charge on any atom is 0.0589 e. The molecule has 0 bridgehead atoms. The van der Waals surface area contributed by atoms with Gasteiger partial charge < -0.3 is 15.4 Å². The van der Waals surface area contributed by atoms with Crippen LogP contribution in [0.2, 0.25) is 0 Å². The van der Waals surface area contributed by atoms with E-state index in [1.165, 1.54) is 25.7 Å². The summed E-state index contributed by atoms with van der Waals surface area (Å²) in [4.78, 5) is 2.33. The van der Waals surface area contributed by atoms with Crippen LogP contribution in [0.3, 0.4) is 0 Å². The zero-order valence-electron chi connectivity index (χ0n) is 9.59. The summed E-state index contributed by atoms with van der Waals surface area (Å²) >= 11 is 0. The molecule has 3 nitrogen and oxygen atoms in total. The first-order valence-electron chi connectivity index (χ1n) is 5.60. The largest absolute Gasteiger partial charge is 0.383 e. The van der Waals surface area contributed by atoms with E-state index in [4.69, 9.17) is 10.5 Å². The molecule has 1 aliphatic rings. The van der Waals surface area contributed by atoms with Crippen molar-refractivity contribution in [2.75, 3.05) is 40.4 Å². The lowest BCUT2D eigenvalue weighted by Gasteiger charge is -2.42. The lowest BCUT2D eigenvalue weighted by atomic mass is 9.67. The first-order valence-corrected chi connectivity index (χ1v) is 5.60. The topological polar surface area (TPSA) is 38.5 Å². The second kappa shape index (κ2) is 5.69. The van der Waals surface area contributed by atoms with E-state index in [0.29, 0.717) is 5.41 Å². The third kappa shape index (κ3) is 3.23. The van der Waals surface area contributed by atoms with Crippen LogP contribution in [-0.4, -0.2) is 45.3 Å². The predicted molar refractivity (Wildman–Crippen MR) is 59.3 cm³/mol. The van der Waals surface area contributed by atoms with Gasteiger partial charge in [0.15, 0.2) is 0 Å². The molecule has 0 spiro atoms. The summed E-state index contributed by atoms with van der Waals surface area (Å²) in [6.45, 7) is 3.87. The number of nitrogens with zero attached hydrogens (tertiary/aromatic N) is 1. The zero-order valence-corrected chi connectivity index (χ0v) is 9.59. The van der Waals surface area contributed by atoms with E-state index in [-0.39, 0.29) is 0 Å². The van der Waals surface area contributed by atoms with Gasteiger partial charge in [-0.2, -0.15) is 0 Å². The fourth-order valence-corrected chi connectivity index (χ4v) is 2.02. The van der Waals surface area contributed by atoms with E-state index < -0.39 is 0 Å². The normalized spacial score (nSPS) is 19.7. The quantitative estimate of drug-likeness (QED) is 0.668. The summed E-state index contributed by atoms with van der Waals surface area (Å²) in [5.41, 5.74) is 6.30. The molecule has 1 aliphatic carbocycles. The van der Waals surface area contributed by atoms with E-state index in [2.05, 4.69) is 11.9 Å². The molecular weight excluding hydrogens is 176 g/mol.